The van der Waals surface area contributed by atoms with Crippen molar-refractivity contribution in [3.8, 4) is 0 Å². The van der Waals surface area contributed by atoms with Gasteiger partial charge in [0, 0.05) is 44.0 Å². The quantitative estimate of drug-likeness (QED) is 0.900. The first-order valence-corrected chi connectivity index (χ1v) is 10.1. The Hall–Kier alpha value is -2.15. The molecule has 146 valence electrons. The summed E-state index contributed by atoms with van der Waals surface area (Å²) in [7, 11) is 0. The lowest BCUT2D eigenvalue weighted by atomic mass is 9.78. The molecule has 4 rings (SSSR count). The zero-order valence-corrected chi connectivity index (χ0v) is 16.9. The first-order chi connectivity index (χ1) is 13.0. The molecule has 1 spiro atoms. The van der Waals surface area contributed by atoms with Crippen LogP contribution in [0.3, 0.4) is 0 Å². The monoisotopic (exact) mass is 370 g/mol. The third-order valence-corrected chi connectivity index (χ3v) is 6.55. The summed E-state index contributed by atoms with van der Waals surface area (Å²) in [6.07, 6.45) is 4.73. The molecule has 0 unspecified atom stereocenters. The Morgan fingerprint density at radius 1 is 1.19 bits per heavy atom. The molecule has 2 aliphatic heterocycles. The van der Waals surface area contributed by atoms with Crippen LogP contribution in [0.25, 0.3) is 0 Å². The van der Waals surface area contributed by atoms with Gasteiger partial charge in [0.15, 0.2) is 0 Å². The topological polar surface area (TPSA) is 70.1 Å². The lowest BCUT2D eigenvalue weighted by Crippen LogP contribution is -2.57. The minimum absolute atomic E-state index is 0.0309. The van der Waals surface area contributed by atoms with Crippen molar-refractivity contribution in [3.63, 3.8) is 0 Å². The van der Waals surface area contributed by atoms with Crippen LogP contribution in [0.2, 0.25) is 0 Å². The maximum Gasteiger partial charge on any atom is 0.257 e. The number of nitrogens with zero attached hydrogens (tertiary/aromatic N) is 5. The fourth-order valence-corrected chi connectivity index (χ4v) is 5.09. The summed E-state index contributed by atoms with van der Waals surface area (Å²) < 4.78 is 1.92. The van der Waals surface area contributed by atoms with Gasteiger partial charge in [-0.2, -0.15) is 5.10 Å². The molecule has 2 aliphatic rings. The van der Waals surface area contributed by atoms with Gasteiger partial charge in [0.25, 0.3) is 5.91 Å². The van der Waals surface area contributed by atoms with Crippen LogP contribution < -0.4 is 0 Å². The molecule has 0 atom stereocenters. The highest BCUT2D eigenvalue weighted by Gasteiger charge is 2.46. The summed E-state index contributed by atoms with van der Waals surface area (Å²) in [5, 5.41) is 4.52. The Bertz CT molecular complexity index is 843. The van der Waals surface area contributed by atoms with Gasteiger partial charge in [-0.05, 0) is 40.2 Å². The number of piperidine rings is 1. The van der Waals surface area contributed by atoms with Crippen molar-refractivity contribution in [3.05, 3.63) is 34.7 Å². The highest BCUT2D eigenvalue weighted by atomic mass is 16.2. The molecule has 0 bridgehead atoms. The SMILES string of the molecule is CCN1CCc2[nH]cnc2C12CCN(C(=O)c1c(C)nn(CC)c1C)CC2. The summed E-state index contributed by atoms with van der Waals surface area (Å²) in [6.45, 7) is 12.6. The maximum absolute atomic E-state index is 13.2. The maximum atomic E-state index is 13.2. The third-order valence-electron chi connectivity index (χ3n) is 6.55. The minimum Gasteiger partial charge on any atom is -0.348 e. The number of hydrogen-bond donors (Lipinski definition) is 1. The van der Waals surface area contributed by atoms with Crippen molar-refractivity contribution in [1.82, 2.24) is 29.5 Å². The number of aromatic amines is 1. The highest BCUT2D eigenvalue weighted by molar-refractivity contribution is 5.96. The molecule has 7 nitrogen and oxygen atoms in total. The predicted molar refractivity (Wildman–Crippen MR) is 104 cm³/mol. The fourth-order valence-electron chi connectivity index (χ4n) is 5.09. The first kappa shape index (κ1) is 18.2. The van der Waals surface area contributed by atoms with Gasteiger partial charge >= 0.3 is 0 Å². The van der Waals surface area contributed by atoms with Gasteiger partial charge < -0.3 is 9.88 Å². The van der Waals surface area contributed by atoms with E-state index in [9.17, 15) is 4.79 Å². The third kappa shape index (κ3) is 2.71. The van der Waals surface area contributed by atoms with E-state index >= 15 is 0 Å². The van der Waals surface area contributed by atoms with Crippen LogP contribution in [0, 0.1) is 13.8 Å². The van der Waals surface area contributed by atoms with E-state index in [0.717, 1.165) is 68.9 Å². The van der Waals surface area contributed by atoms with E-state index in [1.54, 1.807) is 0 Å². The van der Waals surface area contributed by atoms with Crippen LogP contribution in [0.4, 0.5) is 0 Å². The number of likely N-dealkylation sites (tertiary alicyclic amines) is 1. The predicted octanol–water partition coefficient (Wildman–Crippen LogP) is 2.25. The van der Waals surface area contributed by atoms with E-state index in [1.165, 1.54) is 11.4 Å². The Kier molecular flexibility index (Phi) is 4.58. The molecule has 2 aromatic heterocycles. The minimum atomic E-state index is -0.0309. The zero-order valence-electron chi connectivity index (χ0n) is 16.9. The second-order valence-electron chi connectivity index (χ2n) is 7.74. The molecule has 1 saturated heterocycles. The van der Waals surface area contributed by atoms with Gasteiger partial charge in [-0.25, -0.2) is 4.98 Å². The Balaban J connectivity index is 1.57. The van der Waals surface area contributed by atoms with Crippen LogP contribution in [-0.2, 0) is 18.5 Å². The lowest BCUT2D eigenvalue weighted by molar-refractivity contribution is 0.0102. The number of carbonyl (C=O) groups excluding carboxylic acids is 1. The number of aromatic nitrogens is 4. The lowest BCUT2D eigenvalue weighted by Gasteiger charge is -2.50. The van der Waals surface area contributed by atoms with Gasteiger partial charge in [-0.1, -0.05) is 6.92 Å². The van der Waals surface area contributed by atoms with E-state index in [2.05, 4.69) is 33.8 Å². The number of carbonyl (C=O) groups is 1. The number of nitrogens with one attached hydrogen (secondary N) is 1. The molecular formula is C20H30N6O. The number of hydrogen-bond acceptors (Lipinski definition) is 4. The number of H-pyrrole nitrogens is 1. The molecule has 0 aromatic carbocycles. The highest BCUT2D eigenvalue weighted by Crippen LogP contribution is 2.42. The van der Waals surface area contributed by atoms with Gasteiger partial charge in [-0.15, -0.1) is 0 Å². The molecule has 1 fully saturated rings. The Morgan fingerprint density at radius 2 is 1.93 bits per heavy atom. The average Bonchev–Trinajstić information content (AvgIpc) is 3.27. The molecular weight excluding hydrogens is 340 g/mol. The Labute approximate surface area is 160 Å². The number of rotatable bonds is 3. The molecule has 7 heteroatoms. The van der Waals surface area contributed by atoms with Crippen molar-refractivity contribution in [2.45, 2.75) is 59.0 Å². The van der Waals surface area contributed by atoms with Crippen molar-refractivity contribution in [2.24, 2.45) is 0 Å². The number of aryl methyl sites for hydroxylation is 2. The van der Waals surface area contributed by atoms with E-state index in [1.807, 2.05) is 29.8 Å². The summed E-state index contributed by atoms with van der Waals surface area (Å²) in [5.41, 5.74) is 5.04. The largest absolute Gasteiger partial charge is 0.348 e. The molecule has 4 heterocycles. The zero-order chi connectivity index (χ0) is 19.2. The van der Waals surface area contributed by atoms with Gasteiger partial charge in [0.1, 0.15) is 0 Å². The van der Waals surface area contributed by atoms with E-state index in [4.69, 9.17) is 0 Å². The van der Waals surface area contributed by atoms with Crippen molar-refractivity contribution in [2.75, 3.05) is 26.2 Å². The van der Waals surface area contributed by atoms with Crippen LogP contribution in [0.1, 0.15) is 59.8 Å². The first-order valence-electron chi connectivity index (χ1n) is 10.1. The number of amides is 1. The standard InChI is InChI=1S/C20H30N6O/c1-5-25-10-7-16-18(22-13-21-16)20(25)8-11-24(12-9-20)19(27)17-14(3)23-26(6-2)15(17)4/h13H,5-12H2,1-4H3,(H,21,22). The van der Waals surface area contributed by atoms with Crippen LogP contribution >= 0.6 is 0 Å². The van der Waals surface area contributed by atoms with Crippen LogP contribution in [0.15, 0.2) is 6.33 Å². The van der Waals surface area contributed by atoms with Gasteiger partial charge in [0.2, 0.25) is 0 Å². The molecule has 0 aliphatic carbocycles. The van der Waals surface area contributed by atoms with E-state index < -0.39 is 0 Å². The van der Waals surface area contributed by atoms with E-state index in [0.29, 0.717) is 0 Å². The number of imidazole rings is 1. The van der Waals surface area contributed by atoms with E-state index in [-0.39, 0.29) is 11.4 Å². The Morgan fingerprint density at radius 3 is 2.56 bits per heavy atom. The molecule has 0 radical (unpaired) electrons. The molecule has 1 amide bonds. The summed E-state index contributed by atoms with van der Waals surface area (Å²) >= 11 is 0. The van der Waals surface area contributed by atoms with Crippen molar-refractivity contribution >= 4 is 5.91 Å². The molecule has 0 saturated carbocycles. The normalized spacial score (nSPS) is 19.5. The summed E-state index contributed by atoms with van der Waals surface area (Å²) in [6, 6.07) is 0. The smallest absolute Gasteiger partial charge is 0.257 e. The van der Waals surface area contributed by atoms with Gasteiger partial charge in [-0.3, -0.25) is 14.4 Å². The molecule has 2 aromatic rings. The molecule has 1 N–H and O–H groups in total. The van der Waals surface area contributed by atoms with Crippen molar-refractivity contribution in [1.29, 1.82) is 0 Å². The van der Waals surface area contributed by atoms with Gasteiger partial charge in [0.05, 0.1) is 28.8 Å². The molecule has 27 heavy (non-hydrogen) atoms. The summed E-state index contributed by atoms with van der Waals surface area (Å²) in [5.74, 6) is 0.126. The van der Waals surface area contributed by atoms with Crippen LogP contribution in [-0.4, -0.2) is 61.6 Å². The van der Waals surface area contributed by atoms with Crippen LogP contribution in [0.5, 0.6) is 0 Å². The fraction of sp³-hybridized carbons (Fsp3) is 0.650. The second-order valence-corrected chi connectivity index (χ2v) is 7.74. The summed E-state index contributed by atoms with van der Waals surface area (Å²) in [4.78, 5) is 25.8. The average molecular weight is 371 g/mol. The number of likely N-dealkylation sites (N-methyl/N-ethyl adjacent to an activating group) is 1. The van der Waals surface area contributed by atoms with Crippen molar-refractivity contribution < 1.29 is 4.79 Å². The number of fused-ring (bicyclic) bond motifs is 2. The second kappa shape index (κ2) is 6.78.